The Morgan fingerprint density at radius 3 is 2.43 bits per heavy atom. The van der Waals surface area contributed by atoms with Gasteiger partial charge in [-0.25, -0.2) is 0 Å². The Kier molecular flexibility index (Phi) is 7.67. The molecule has 1 saturated heterocycles. The fourth-order valence-electron chi connectivity index (χ4n) is 3.45. The van der Waals surface area contributed by atoms with Crippen LogP contribution in [0.5, 0.6) is 0 Å². The van der Waals surface area contributed by atoms with Gasteiger partial charge in [0.2, 0.25) is 0 Å². The predicted octanol–water partition coefficient (Wildman–Crippen LogP) is 3.12. The zero-order chi connectivity index (χ0) is 15.9. The van der Waals surface area contributed by atoms with E-state index in [1.807, 2.05) is 6.92 Å². The number of carbonyl (C=O) groups is 1. The van der Waals surface area contributed by atoms with Crippen molar-refractivity contribution in [1.82, 2.24) is 10.2 Å². The molecule has 0 aliphatic carbocycles. The molecule has 1 heterocycles. The lowest BCUT2D eigenvalue weighted by Gasteiger charge is -2.39. The van der Waals surface area contributed by atoms with Gasteiger partial charge in [0, 0.05) is 6.04 Å². The number of carboxylic acids is 1. The highest BCUT2D eigenvalue weighted by Gasteiger charge is 2.36. The molecule has 2 unspecified atom stereocenters. The second-order valence-corrected chi connectivity index (χ2v) is 6.89. The molecule has 4 nitrogen and oxygen atoms in total. The Balaban J connectivity index is 2.50. The topological polar surface area (TPSA) is 52.6 Å². The Hall–Kier alpha value is -0.610. The molecule has 0 aromatic heterocycles. The van der Waals surface area contributed by atoms with Crippen LogP contribution in [-0.2, 0) is 4.79 Å². The monoisotopic (exact) mass is 298 g/mol. The van der Waals surface area contributed by atoms with Crippen LogP contribution in [0.15, 0.2) is 0 Å². The molecule has 0 bridgehead atoms. The molecule has 1 aliphatic heterocycles. The van der Waals surface area contributed by atoms with Gasteiger partial charge in [-0.1, -0.05) is 26.7 Å². The number of carboxylic acid groups (broad SMARTS) is 1. The average molecular weight is 298 g/mol. The highest BCUT2D eigenvalue weighted by Crippen LogP contribution is 2.25. The van der Waals surface area contributed by atoms with Crippen molar-refractivity contribution in [1.29, 1.82) is 0 Å². The molecule has 0 aromatic carbocycles. The van der Waals surface area contributed by atoms with Crippen molar-refractivity contribution in [2.45, 2.75) is 77.8 Å². The minimum absolute atomic E-state index is 0.318. The van der Waals surface area contributed by atoms with Gasteiger partial charge in [-0.3, -0.25) is 4.79 Å². The second-order valence-electron chi connectivity index (χ2n) is 6.89. The summed E-state index contributed by atoms with van der Waals surface area (Å²) in [5.74, 6) is 0.145. The minimum atomic E-state index is -0.810. The van der Waals surface area contributed by atoms with Crippen LogP contribution >= 0.6 is 0 Å². The summed E-state index contributed by atoms with van der Waals surface area (Å²) in [6.07, 6.45) is 6.78. The largest absolute Gasteiger partial charge is 0.480 e. The van der Waals surface area contributed by atoms with Crippen molar-refractivity contribution in [3.8, 4) is 0 Å². The van der Waals surface area contributed by atoms with Crippen LogP contribution in [0.2, 0.25) is 0 Å². The molecular weight excluding hydrogens is 264 g/mol. The molecule has 0 radical (unpaired) electrons. The number of piperidine rings is 1. The van der Waals surface area contributed by atoms with Gasteiger partial charge >= 0.3 is 5.97 Å². The summed E-state index contributed by atoms with van der Waals surface area (Å²) in [6, 6.07) is 0.318. The molecule has 0 amide bonds. The highest BCUT2D eigenvalue weighted by atomic mass is 16.4. The van der Waals surface area contributed by atoms with Gasteiger partial charge in [0.05, 0.1) is 0 Å². The summed E-state index contributed by atoms with van der Waals surface area (Å²) in [7, 11) is 0. The van der Waals surface area contributed by atoms with Crippen LogP contribution in [0.3, 0.4) is 0 Å². The van der Waals surface area contributed by atoms with Crippen molar-refractivity contribution >= 4 is 5.97 Å². The van der Waals surface area contributed by atoms with E-state index in [0.29, 0.717) is 12.5 Å². The fraction of sp³-hybridized carbons (Fsp3) is 0.941. The van der Waals surface area contributed by atoms with E-state index in [4.69, 9.17) is 0 Å². The summed E-state index contributed by atoms with van der Waals surface area (Å²) >= 11 is 0. The lowest BCUT2D eigenvalue weighted by molar-refractivity contribution is -0.145. The van der Waals surface area contributed by atoms with Crippen molar-refractivity contribution in [2.24, 2.45) is 5.92 Å². The van der Waals surface area contributed by atoms with Crippen molar-refractivity contribution in [3.63, 3.8) is 0 Å². The Morgan fingerprint density at radius 2 is 1.95 bits per heavy atom. The van der Waals surface area contributed by atoms with E-state index in [-0.39, 0.29) is 0 Å². The first-order valence-electron chi connectivity index (χ1n) is 8.65. The fourth-order valence-corrected chi connectivity index (χ4v) is 3.45. The lowest BCUT2D eigenvalue weighted by Crippen LogP contribution is -2.54. The van der Waals surface area contributed by atoms with Gasteiger partial charge in [-0.05, 0) is 65.1 Å². The molecule has 4 heteroatoms. The van der Waals surface area contributed by atoms with Crippen molar-refractivity contribution in [2.75, 3.05) is 19.6 Å². The SMILES string of the molecule is CCCNC(C)(CC(C)N1CCC(CCC)CC1)C(=O)O. The summed E-state index contributed by atoms with van der Waals surface area (Å²) in [4.78, 5) is 14.1. The molecule has 0 spiro atoms. The molecule has 2 atom stereocenters. The Morgan fingerprint density at radius 1 is 1.33 bits per heavy atom. The molecule has 124 valence electrons. The number of aliphatic carboxylic acids is 1. The van der Waals surface area contributed by atoms with Gasteiger partial charge in [-0.2, -0.15) is 0 Å². The Labute approximate surface area is 130 Å². The minimum Gasteiger partial charge on any atom is -0.480 e. The zero-order valence-corrected chi connectivity index (χ0v) is 14.3. The Bertz CT molecular complexity index is 314. The van der Waals surface area contributed by atoms with Crippen LogP contribution in [0.1, 0.15) is 66.2 Å². The molecule has 0 saturated carbocycles. The van der Waals surface area contributed by atoms with Gasteiger partial charge in [0.15, 0.2) is 0 Å². The first-order chi connectivity index (χ1) is 9.92. The van der Waals surface area contributed by atoms with E-state index >= 15 is 0 Å². The summed E-state index contributed by atoms with van der Waals surface area (Å²) in [5.41, 5.74) is -0.810. The van der Waals surface area contributed by atoms with Crippen LogP contribution in [0.4, 0.5) is 0 Å². The summed E-state index contributed by atoms with van der Waals surface area (Å²) in [6.45, 7) is 11.3. The number of nitrogens with one attached hydrogen (secondary N) is 1. The molecule has 21 heavy (non-hydrogen) atoms. The van der Waals surface area contributed by atoms with E-state index < -0.39 is 11.5 Å². The van der Waals surface area contributed by atoms with Gasteiger partial charge in [0.1, 0.15) is 5.54 Å². The highest BCUT2D eigenvalue weighted by molar-refractivity contribution is 5.78. The average Bonchev–Trinajstić information content (AvgIpc) is 2.46. The standard InChI is InChI=1S/C17H34N2O2/c1-5-7-15-8-11-19(12-9-15)14(3)13-17(4,16(20)21)18-10-6-2/h14-15,18H,5-13H2,1-4H3,(H,20,21). The molecule has 2 N–H and O–H groups in total. The third kappa shape index (κ3) is 5.59. The maximum atomic E-state index is 11.6. The normalized spacial score (nSPS) is 21.9. The van der Waals surface area contributed by atoms with Crippen LogP contribution in [-0.4, -0.2) is 47.2 Å². The van der Waals surface area contributed by atoms with E-state index in [0.717, 1.165) is 32.0 Å². The zero-order valence-electron chi connectivity index (χ0n) is 14.3. The van der Waals surface area contributed by atoms with E-state index in [1.165, 1.54) is 25.7 Å². The maximum absolute atomic E-state index is 11.6. The number of hydrogen-bond donors (Lipinski definition) is 2. The second kappa shape index (κ2) is 8.74. The first kappa shape index (κ1) is 18.4. The molecular formula is C17H34N2O2. The molecule has 1 fully saturated rings. The lowest BCUT2D eigenvalue weighted by atomic mass is 9.88. The third-order valence-electron chi connectivity index (χ3n) is 4.91. The van der Waals surface area contributed by atoms with Crippen LogP contribution < -0.4 is 5.32 Å². The maximum Gasteiger partial charge on any atom is 0.323 e. The van der Waals surface area contributed by atoms with Gasteiger partial charge in [-0.15, -0.1) is 0 Å². The van der Waals surface area contributed by atoms with Gasteiger partial charge in [0.25, 0.3) is 0 Å². The van der Waals surface area contributed by atoms with Crippen molar-refractivity contribution in [3.05, 3.63) is 0 Å². The number of likely N-dealkylation sites (tertiary alicyclic amines) is 1. The van der Waals surface area contributed by atoms with E-state index in [2.05, 4.69) is 31.0 Å². The molecule has 1 aliphatic rings. The summed E-state index contributed by atoms with van der Waals surface area (Å²) < 4.78 is 0. The summed E-state index contributed by atoms with van der Waals surface area (Å²) in [5, 5.41) is 12.8. The molecule has 1 rings (SSSR count). The van der Waals surface area contributed by atoms with Gasteiger partial charge < -0.3 is 15.3 Å². The quantitative estimate of drug-likeness (QED) is 0.687. The van der Waals surface area contributed by atoms with Crippen LogP contribution in [0, 0.1) is 5.92 Å². The van der Waals surface area contributed by atoms with Crippen molar-refractivity contribution < 1.29 is 9.90 Å². The molecule has 0 aromatic rings. The van der Waals surface area contributed by atoms with Crippen LogP contribution in [0.25, 0.3) is 0 Å². The number of rotatable bonds is 9. The van der Waals surface area contributed by atoms with E-state index in [9.17, 15) is 9.90 Å². The predicted molar refractivity (Wildman–Crippen MR) is 87.6 cm³/mol. The van der Waals surface area contributed by atoms with E-state index in [1.54, 1.807) is 0 Å². The smallest absolute Gasteiger partial charge is 0.323 e. The number of hydrogen-bond acceptors (Lipinski definition) is 3. The number of nitrogens with zero attached hydrogens (tertiary/aromatic N) is 1. The first-order valence-corrected chi connectivity index (χ1v) is 8.65. The third-order valence-corrected chi connectivity index (χ3v) is 4.91.